The zero-order chi connectivity index (χ0) is 16.7. The molecule has 4 atom stereocenters. The molecule has 3 aliphatic heterocycles. The Morgan fingerprint density at radius 1 is 0.913 bits per heavy atom. The molecule has 1 aromatic rings. The molecule has 5 heteroatoms. The molecule has 3 aliphatic rings. The van der Waals surface area contributed by atoms with Gasteiger partial charge in [-0.15, -0.1) is 0 Å². The molecule has 1 aromatic carbocycles. The number of rotatable bonds is 1. The van der Waals surface area contributed by atoms with E-state index in [0.717, 1.165) is 11.1 Å². The molecule has 0 spiro atoms. The quantitative estimate of drug-likeness (QED) is 0.587. The van der Waals surface area contributed by atoms with Crippen molar-refractivity contribution in [1.29, 1.82) is 0 Å². The lowest BCUT2D eigenvalue weighted by Gasteiger charge is -2.31. The van der Waals surface area contributed by atoms with E-state index in [1.54, 1.807) is 12.1 Å². The van der Waals surface area contributed by atoms with Crippen LogP contribution in [0.2, 0.25) is 0 Å². The maximum absolute atomic E-state index is 13.1. The fourth-order valence-electron chi connectivity index (χ4n) is 4.77. The fraction of sp³-hybridized carbons (Fsp3) is 0.444. The van der Waals surface area contributed by atoms with Gasteiger partial charge in [0.25, 0.3) is 0 Å². The smallest absolute Gasteiger partial charge is 0.239 e. The lowest BCUT2D eigenvalue weighted by atomic mass is 9.66. The normalized spacial score (nSPS) is 41.9. The summed E-state index contributed by atoms with van der Waals surface area (Å²) in [6.45, 7) is 7.68. The van der Waals surface area contributed by atoms with Gasteiger partial charge in [0.15, 0.2) is 0 Å². The molecule has 4 rings (SSSR count). The van der Waals surface area contributed by atoms with Crippen molar-refractivity contribution in [1.82, 2.24) is 0 Å². The minimum absolute atomic E-state index is 0.211. The molecule has 4 unspecified atom stereocenters. The van der Waals surface area contributed by atoms with E-state index in [-0.39, 0.29) is 11.8 Å². The first-order valence-electron chi connectivity index (χ1n) is 7.80. The van der Waals surface area contributed by atoms with Gasteiger partial charge < -0.3 is 0 Å². The third-order valence-electron chi connectivity index (χ3n) is 6.33. The van der Waals surface area contributed by atoms with E-state index in [2.05, 4.69) is 0 Å². The summed E-state index contributed by atoms with van der Waals surface area (Å²) in [6, 6.07) is 9.03. The van der Waals surface area contributed by atoms with Crippen molar-refractivity contribution < 1.29 is 13.8 Å². The van der Waals surface area contributed by atoms with Crippen LogP contribution in [0.5, 0.6) is 0 Å². The van der Waals surface area contributed by atoms with Crippen LogP contribution in [0.3, 0.4) is 0 Å². The van der Waals surface area contributed by atoms with E-state index in [1.807, 2.05) is 45.9 Å². The van der Waals surface area contributed by atoms with Crippen LogP contribution < -0.4 is 4.90 Å². The summed E-state index contributed by atoms with van der Waals surface area (Å²) in [4.78, 5) is 27.5. The lowest BCUT2D eigenvalue weighted by molar-refractivity contribution is -0.122. The molecule has 23 heavy (non-hydrogen) atoms. The van der Waals surface area contributed by atoms with Crippen LogP contribution in [0.1, 0.15) is 27.7 Å². The Balaban J connectivity index is 1.91. The Labute approximate surface area is 138 Å². The van der Waals surface area contributed by atoms with Gasteiger partial charge >= 0.3 is 0 Å². The molecule has 0 aliphatic carbocycles. The molecule has 2 saturated heterocycles. The lowest BCUT2D eigenvalue weighted by Crippen LogP contribution is -2.42. The maximum atomic E-state index is 13.1. The predicted molar refractivity (Wildman–Crippen MR) is 89.2 cm³/mol. The van der Waals surface area contributed by atoms with Crippen molar-refractivity contribution in [2.75, 3.05) is 4.90 Å². The largest absolute Gasteiger partial charge is 0.274 e. The first-order chi connectivity index (χ1) is 10.8. The van der Waals surface area contributed by atoms with Gasteiger partial charge in [-0.1, -0.05) is 29.3 Å². The summed E-state index contributed by atoms with van der Waals surface area (Å²) in [5.74, 6) is -1.47. The molecule has 3 heterocycles. The third-order valence-corrected chi connectivity index (χ3v) is 8.99. The van der Waals surface area contributed by atoms with Crippen LogP contribution in [0.25, 0.3) is 0 Å². The van der Waals surface area contributed by atoms with Gasteiger partial charge in [0.2, 0.25) is 11.8 Å². The van der Waals surface area contributed by atoms with Crippen LogP contribution in [-0.4, -0.2) is 25.5 Å². The van der Waals surface area contributed by atoms with Crippen molar-refractivity contribution in [3.63, 3.8) is 0 Å². The Morgan fingerprint density at radius 3 is 1.78 bits per heavy atom. The van der Waals surface area contributed by atoms with Gasteiger partial charge in [0.1, 0.15) is 0 Å². The van der Waals surface area contributed by atoms with E-state index in [0.29, 0.717) is 5.69 Å². The third kappa shape index (κ3) is 1.37. The average molecular weight is 329 g/mol. The van der Waals surface area contributed by atoms with Gasteiger partial charge in [-0.2, -0.15) is 0 Å². The average Bonchev–Trinajstić information content (AvgIpc) is 2.96. The fourth-order valence-corrected chi connectivity index (χ4v) is 7.45. The van der Waals surface area contributed by atoms with Gasteiger partial charge in [0.05, 0.1) is 27.0 Å². The number of hydrogen-bond acceptors (Lipinski definition) is 3. The van der Waals surface area contributed by atoms with Gasteiger partial charge in [-0.05, 0) is 39.8 Å². The van der Waals surface area contributed by atoms with Crippen LogP contribution in [-0.2, 0) is 20.4 Å². The summed E-state index contributed by atoms with van der Waals surface area (Å²) in [7, 11) is -1.26. The minimum atomic E-state index is -1.26. The SMILES string of the molecule is CC1=C(C)C2(C)C3C(=O)N(c4ccccc4)C(=O)C3C1(C)S2=O. The monoisotopic (exact) mass is 329 g/mol. The van der Waals surface area contributed by atoms with Gasteiger partial charge in [-0.3, -0.25) is 13.8 Å². The number of nitrogens with zero attached hydrogens (tertiary/aromatic N) is 1. The first kappa shape index (κ1) is 14.8. The van der Waals surface area contributed by atoms with Crippen LogP contribution in [0.4, 0.5) is 5.69 Å². The second kappa shape index (κ2) is 4.20. The minimum Gasteiger partial charge on any atom is -0.274 e. The Kier molecular flexibility index (Phi) is 2.71. The van der Waals surface area contributed by atoms with Crippen LogP contribution in [0, 0.1) is 11.8 Å². The number of hydrogen-bond donors (Lipinski definition) is 0. The highest BCUT2D eigenvalue weighted by molar-refractivity contribution is 7.89. The molecular weight excluding hydrogens is 310 g/mol. The molecule has 2 fully saturated rings. The Bertz CT molecular complexity index is 769. The van der Waals surface area contributed by atoms with Crippen molar-refractivity contribution in [2.45, 2.75) is 37.2 Å². The second-order valence-electron chi connectivity index (χ2n) is 7.04. The highest BCUT2D eigenvalue weighted by Gasteiger charge is 2.76. The highest BCUT2D eigenvalue weighted by Crippen LogP contribution is 2.65. The van der Waals surface area contributed by atoms with Crippen molar-refractivity contribution in [2.24, 2.45) is 11.8 Å². The van der Waals surface area contributed by atoms with E-state index in [4.69, 9.17) is 0 Å². The molecule has 2 amide bonds. The summed E-state index contributed by atoms with van der Waals surface area (Å²) in [6.07, 6.45) is 0. The van der Waals surface area contributed by atoms with Crippen molar-refractivity contribution in [3.8, 4) is 0 Å². The highest BCUT2D eigenvalue weighted by atomic mass is 32.2. The molecule has 0 saturated carbocycles. The van der Waals surface area contributed by atoms with Gasteiger partial charge in [-0.25, -0.2) is 4.90 Å². The summed E-state index contributed by atoms with van der Waals surface area (Å²) < 4.78 is 11.7. The summed E-state index contributed by atoms with van der Waals surface area (Å²) in [5, 5.41) is 0. The first-order valence-corrected chi connectivity index (χ1v) is 8.95. The molecule has 120 valence electrons. The second-order valence-corrected chi connectivity index (χ2v) is 9.27. The zero-order valence-corrected chi connectivity index (χ0v) is 14.4. The molecule has 0 aromatic heterocycles. The van der Waals surface area contributed by atoms with E-state index in [1.165, 1.54) is 4.90 Å². The Hall–Kier alpha value is -1.75. The maximum Gasteiger partial charge on any atom is 0.239 e. The van der Waals surface area contributed by atoms with E-state index >= 15 is 0 Å². The number of para-hydroxylation sites is 1. The topological polar surface area (TPSA) is 54.5 Å². The predicted octanol–water partition coefficient (Wildman–Crippen LogP) is 2.42. The van der Waals surface area contributed by atoms with Crippen LogP contribution in [0.15, 0.2) is 41.5 Å². The number of fused-ring (bicyclic) bond motifs is 5. The Morgan fingerprint density at radius 2 is 1.35 bits per heavy atom. The van der Waals surface area contributed by atoms with Crippen molar-refractivity contribution in [3.05, 3.63) is 41.5 Å². The molecule has 4 nitrogen and oxygen atoms in total. The molecule has 2 bridgehead atoms. The molecule has 0 N–H and O–H groups in total. The molecule has 0 radical (unpaired) electrons. The number of carbonyl (C=O) groups excluding carboxylic acids is 2. The van der Waals surface area contributed by atoms with Crippen LogP contribution >= 0.6 is 0 Å². The summed E-state index contributed by atoms with van der Waals surface area (Å²) >= 11 is 0. The number of carbonyl (C=O) groups is 2. The molecular formula is C18H19NO3S. The zero-order valence-electron chi connectivity index (χ0n) is 13.6. The van der Waals surface area contributed by atoms with E-state index in [9.17, 15) is 13.8 Å². The van der Waals surface area contributed by atoms with E-state index < -0.39 is 32.1 Å². The van der Waals surface area contributed by atoms with Gasteiger partial charge in [0, 0.05) is 10.8 Å². The number of anilines is 1. The summed E-state index contributed by atoms with van der Waals surface area (Å²) in [5.41, 5.74) is 2.62. The number of imide groups is 1. The number of amides is 2. The number of benzene rings is 1. The van der Waals surface area contributed by atoms with Crippen molar-refractivity contribution >= 4 is 28.3 Å². The standard InChI is InChI=1S/C18H19NO3S/c1-10-11(2)18(4)14-13(17(10,3)23(18)22)15(20)19(16(14)21)12-8-6-5-7-9-12/h5-9,13-14H,1-4H3.